The number of allylic oxidation sites excluding steroid dienone is 1. The number of thioether (sulfide) groups is 1. The number of amides is 1. The minimum Gasteiger partial charge on any atom is -0.494 e. The highest BCUT2D eigenvalue weighted by atomic mass is 32.2. The average Bonchev–Trinajstić information content (AvgIpc) is 2.83. The molecule has 7 nitrogen and oxygen atoms in total. The van der Waals surface area contributed by atoms with Gasteiger partial charge in [-0.3, -0.25) is 9.59 Å². The van der Waals surface area contributed by atoms with Crippen molar-refractivity contribution in [2.24, 2.45) is 10.9 Å². The Bertz CT molecular complexity index is 1100. The average molecular weight is 464 g/mol. The van der Waals surface area contributed by atoms with Crippen LogP contribution in [0.25, 0.3) is 0 Å². The molecule has 0 bridgehead atoms. The first-order valence-corrected chi connectivity index (χ1v) is 11.4. The maximum atomic E-state index is 13.4. The van der Waals surface area contributed by atoms with Crippen LogP contribution in [0.3, 0.4) is 0 Å². The minimum atomic E-state index is -0.738. The Hall–Kier alpha value is -3.57. The predicted octanol–water partition coefficient (Wildman–Crippen LogP) is 4.54. The van der Waals surface area contributed by atoms with Crippen molar-refractivity contribution in [3.8, 4) is 11.8 Å². The van der Waals surface area contributed by atoms with E-state index >= 15 is 0 Å². The molecule has 3 rings (SSSR count). The number of methoxy groups -OCH3 is 1. The molecule has 0 fully saturated rings. The Balaban J connectivity index is 2.03. The number of nitriles is 1. The van der Waals surface area contributed by atoms with Crippen molar-refractivity contribution in [3.05, 3.63) is 71.4 Å². The highest BCUT2D eigenvalue weighted by Gasteiger charge is 2.39. The van der Waals surface area contributed by atoms with Crippen LogP contribution in [-0.2, 0) is 14.3 Å². The number of carbonyl (C=O) groups is 2. The summed E-state index contributed by atoms with van der Waals surface area (Å²) in [5, 5.41) is 13.5. The van der Waals surface area contributed by atoms with E-state index in [9.17, 15) is 14.9 Å². The summed E-state index contributed by atoms with van der Waals surface area (Å²) in [6.45, 7) is 4.18. The zero-order chi connectivity index (χ0) is 23.8. The third-order valence-corrected chi connectivity index (χ3v) is 6.13. The fraction of sp³-hybridized carbons (Fsp3) is 0.280. The van der Waals surface area contributed by atoms with Gasteiger partial charge in [0.1, 0.15) is 11.7 Å². The fourth-order valence-corrected chi connectivity index (χ4v) is 4.55. The second-order valence-corrected chi connectivity index (χ2v) is 8.22. The summed E-state index contributed by atoms with van der Waals surface area (Å²) in [6, 6.07) is 18.8. The Kier molecular flexibility index (Phi) is 8.28. The SMILES string of the molecule is CCOc1ccc([C@H]2C(C(=O)Nc3ccccc3)=C(C)N=C(SCC(=O)OC)C2C#N)cc1. The first-order chi connectivity index (χ1) is 16.0. The van der Waals surface area contributed by atoms with E-state index in [0.717, 1.165) is 17.3 Å². The maximum Gasteiger partial charge on any atom is 0.316 e. The van der Waals surface area contributed by atoms with Gasteiger partial charge in [0.05, 0.1) is 30.6 Å². The summed E-state index contributed by atoms with van der Waals surface area (Å²) in [5.41, 5.74) is 2.35. The Morgan fingerprint density at radius 3 is 2.45 bits per heavy atom. The zero-order valence-corrected chi connectivity index (χ0v) is 19.5. The van der Waals surface area contributed by atoms with Crippen LogP contribution < -0.4 is 10.1 Å². The molecule has 0 radical (unpaired) electrons. The number of aliphatic imine (C=N–C) groups is 1. The molecule has 33 heavy (non-hydrogen) atoms. The first-order valence-electron chi connectivity index (χ1n) is 10.5. The van der Waals surface area contributed by atoms with E-state index in [1.165, 1.54) is 7.11 Å². The summed E-state index contributed by atoms with van der Waals surface area (Å²) in [4.78, 5) is 29.6. The van der Waals surface area contributed by atoms with E-state index in [-0.39, 0.29) is 11.7 Å². The number of nitrogens with one attached hydrogen (secondary N) is 1. The van der Waals surface area contributed by atoms with E-state index in [0.29, 0.717) is 34.4 Å². The molecular weight excluding hydrogens is 438 g/mol. The second kappa shape index (κ2) is 11.3. The van der Waals surface area contributed by atoms with Gasteiger partial charge >= 0.3 is 5.97 Å². The molecule has 1 N–H and O–H groups in total. The second-order valence-electron chi connectivity index (χ2n) is 7.22. The summed E-state index contributed by atoms with van der Waals surface area (Å²) in [5.74, 6) is -1.30. The lowest BCUT2D eigenvalue weighted by Crippen LogP contribution is -2.31. The molecule has 2 aromatic carbocycles. The lowest BCUT2D eigenvalue weighted by molar-refractivity contribution is -0.137. The largest absolute Gasteiger partial charge is 0.494 e. The standard InChI is InChI=1S/C25H25N3O4S/c1-4-32-19-12-10-17(11-13-19)23-20(14-26)25(33-15-21(29)31-3)27-16(2)22(23)24(30)28-18-8-6-5-7-9-18/h5-13,20,23H,4,15H2,1-3H3,(H,28,30)/t20?,23-/m1/s1. The summed E-state index contributed by atoms with van der Waals surface area (Å²) in [7, 11) is 1.31. The molecular formula is C25H25N3O4S. The summed E-state index contributed by atoms with van der Waals surface area (Å²) in [6.07, 6.45) is 0. The fourth-order valence-electron chi connectivity index (χ4n) is 3.60. The molecule has 8 heteroatoms. The lowest BCUT2D eigenvalue weighted by atomic mass is 9.78. The molecule has 0 saturated carbocycles. The van der Waals surface area contributed by atoms with Gasteiger partial charge in [-0.1, -0.05) is 42.1 Å². The number of hydrogen-bond donors (Lipinski definition) is 1. The van der Waals surface area contributed by atoms with Crippen molar-refractivity contribution in [1.29, 1.82) is 5.26 Å². The number of esters is 1. The Morgan fingerprint density at radius 1 is 1.15 bits per heavy atom. The number of para-hydroxylation sites is 1. The van der Waals surface area contributed by atoms with Gasteiger partial charge in [0.25, 0.3) is 5.91 Å². The molecule has 2 atom stereocenters. The Labute approximate surface area is 197 Å². The molecule has 0 aromatic heterocycles. The number of anilines is 1. The van der Waals surface area contributed by atoms with Crippen molar-refractivity contribution >= 4 is 34.4 Å². The number of benzene rings is 2. The van der Waals surface area contributed by atoms with Crippen LogP contribution in [0, 0.1) is 17.2 Å². The molecule has 1 aliphatic heterocycles. The molecule has 0 spiro atoms. The van der Waals surface area contributed by atoms with Crippen LogP contribution >= 0.6 is 11.8 Å². The molecule has 2 aromatic rings. The van der Waals surface area contributed by atoms with Gasteiger partial charge in [-0.05, 0) is 43.7 Å². The zero-order valence-electron chi connectivity index (χ0n) is 18.7. The van der Waals surface area contributed by atoms with Gasteiger partial charge in [0, 0.05) is 22.9 Å². The minimum absolute atomic E-state index is 0.0301. The Morgan fingerprint density at radius 2 is 1.85 bits per heavy atom. The quantitative estimate of drug-likeness (QED) is 0.605. The smallest absolute Gasteiger partial charge is 0.316 e. The van der Waals surface area contributed by atoms with E-state index in [1.54, 1.807) is 19.1 Å². The van der Waals surface area contributed by atoms with Crippen molar-refractivity contribution in [2.75, 3.05) is 24.8 Å². The van der Waals surface area contributed by atoms with Crippen LogP contribution in [-0.4, -0.2) is 36.4 Å². The highest BCUT2D eigenvalue weighted by molar-refractivity contribution is 8.14. The normalized spacial score (nSPS) is 17.6. The molecule has 1 heterocycles. The van der Waals surface area contributed by atoms with Crippen LogP contribution in [0.4, 0.5) is 5.69 Å². The summed E-state index contributed by atoms with van der Waals surface area (Å²) < 4.78 is 10.3. The predicted molar refractivity (Wildman–Crippen MR) is 129 cm³/mol. The van der Waals surface area contributed by atoms with Crippen molar-refractivity contribution < 1.29 is 19.1 Å². The van der Waals surface area contributed by atoms with Gasteiger partial charge in [-0.2, -0.15) is 5.26 Å². The molecule has 170 valence electrons. The summed E-state index contributed by atoms with van der Waals surface area (Å²) >= 11 is 1.16. The van der Waals surface area contributed by atoms with E-state index in [1.807, 2.05) is 49.4 Å². The topological polar surface area (TPSA) is 101 Å². The third-order valence-electron chi connectivity index (χ3n) is 5.11. The van der Waals surface area contributed by atoms with E-state index in [2.05, 4.69) is 16.4 Å². The molecule has 1 unspecified atom stereocenters. The molecule has 1 aliphatic rings. The number of ether oxygens (including phenoxy) is 2. The van der Waals surface area contributed by atoms with Crippen LogP contribution in [0.5, 0.6) is 5.75 Å². The number of rotatable bonds is 7. The monoisotopic (exact) mass is 463 g/mol. The van der Waals surface area contributed by atoms with Crippen molar-refractivity contribution in [3.63, 3.8) is 0 Å². The van der Waals surface area contributed by atoms with E-state index < -0.39 is 17.8 Å². The number of carbonyl (C=O) groups excluding carboxylic acids is 2. The highest BCUT2D eigenvalue weighted by Crippen LogP contribution is 2.41. The van der Waals surface area contributed by atoms with Crippen molar-refractivity contribution in [2.45, 2.75) is 19.8 Å². The first kappa shape index (κ1) is 24.1. The van der Waals surface area contributed by atoms with Gasteiger partial charge in [0.15, 0.2) is 0 Å². The molecule has 0 saturated heterocycles. The van der Waals surface area contributed by atoms with Gasteiger partial charge in [-0.15, -0.1) is 0 Å². The van der Waals surface area contributed by atoms with E-state index in [4.69, 9.17) is 9.47 Å². The van der Waals surface area contributed by atoms with Gasteiger partial charge in [0.2, 0.25) is 0 Å². The molecule has 0 aliphatic carbocycles. The maximum absolute atomic E-state index is 13.4. The van der Waals surface area contributed by atoms with Crippen LogP contribution in [0.15, 0.2) is 70.9 Å². The van der Waals surface area contributed by atoms with Gasteiger partial charge < -0.3 is 14.8 Å². The third kappa shape index (κ3) is 5.82. The lowest BCUT2D eigenvalue weighted by Gasteiger charge is -2.30. The van der Waals surface area contributed by atoms with Crippen LogP contribution in [0.2, 0.25) is 0 Å². The number of hydrogen-bond acceptors (Lipinski definition) is 7. The van der Waals surface area contributed by atoms with Crippen LogP contribution in [0.1, 0.15) is 25.3 Å². The number of nitrogens with zero attached hydrogens (tertiary/aromatic N) is 2. The van der Waals surface area contributed by atoms with Gasteiger partial charge in [-0.25, -0.2) is 4.99 Å². The molecule has 1 amide bonds. The van der Waals surface area contributed by atoms with Crippen molar-refractivity contribution in [1.82, 2.24) is 0 Å².